The van der Waals surface area contributed by atoms with Gasteiger partial charge in [-0.05, 0) is 124 Å². The van der Waals surface area contributed by atoms with Crippen LogP contribution in [-0.2, 0) is 63.7 Å². The van der Waals surface area contributed by atoms with Crippen LogP contribution in [-0.4, -0.2) is 202 Å². The molecule has 12 rings (SSSR count). The number of carboxylic acid groups (broad SMARTS) is 1. The summed E-state index contributed by atoms with van der Waals surface area (Å²) in [5.41, 5.74) is 8.08. The summed E-state index contributed by atoms with van der Waals surface area (Å²) >= 11 is 14.3. The monoisotopic (exact) mass is 1580 g/mol. The number of rotatable bonds is 13. The Morgan fingerprint density at radius 3 is 2.01 bits per heavy atom. The Labute approximate surface area is 640 Å². The number of Topliss-reactive ketones (excluding diaryl/α,β-unsaturated/α-hetero) is 2. The van der Waals surface area contributed by atoms with Crippen LogP contribution in [0.3, 0.4) is 0 Å². The number of ether oxygens (including phenoxy) is 7. The molecule has 0 aliphatic carbocycles. The third-order valence-electron chi connectivity index (χ3n) is 19.0. The number of phenolic OH excluding ortho intramolecular Hbond substituents is 3. The number of ketones is 2. The highest BCUT2D eigenvalue weighted by molar-refractivity contribution is 6.32. The van der Waals surface area contributed by atoms with Crippen LogP contribution in [0.4, 0.5) is 4.79 Å². The molecule has 109 heavy (non-hydrogen) atoms. The number of primary amides is 1. The summed E-state index contributed by atoms with van der Waals surface area (Å²) in [5, 5.41) is 112. The van der Waals surface area contributed by atoms with Crippen LogP contribution in [0.15, 0.2) is 78.9 Å². The molecule has 11 bridgehead atoms. The highest BCUT2D eigenvalue weighted by atomic mass is 35.5. The van der Waals surface area contributed by atoms with Crippen molar-refractivity contribution in [2.45, 2.75) is 190 Å². The van der Waals surface area contributed by atoms with Gasteiger partial charge >= 0.3 is 12.1 Å². The number of nitrogens with zero attached hydrogens (tertiary/aromatic N) is 1. The first-order chi connectivity index (χ1) is 50.2. The number of carboxylic acids is 1. The van der Waals surface area contributed by atoms with E-state index in [9.17, 15) is 69.9 Å². The second kappa shape index (κ2) is 34.4. The largest absolute Gasteiger partial charge is 0.508 e. The van der Waals surface area contributed by atoms with Gasteiger partial charge in [0.15, 0.2) is 41.5 Å². The van der Waals surface area contributed by atoms with Gasteiger partial charge in [0.25, 0.3) is 0 Å². The highest BCUT2D eigenvalue weighted by Gasteiger charge is 2.52. The van der Waals surface area contributed by atoms with Gasteiger partial charge in [-0.3, -0.25) is 38.5 Å². The number of amides is 6. The lowest BCUT2D eigenvalue weighted by Crippen LogP contribution is -2.64. The summed E-state index contributed by atoms with van der Waals surface area (Å²) in [5.74, 6) is -18.4. The molecule has 7 aliphatic heterocycles. The zero-order valence-electron chi connectivity index (χ0n) is 60.1. The fraction of sp³-hybridized carbons (Fsp3) is 0.466. The predicted molar refractivity (Wildman–Crippen MR) is 386 cm³/mol. The van der Waals surface area contributed by atoms with Crippen molar-refractivity contribution in [3.05, 3.63) is 117 Å². The number of benzene rings is 5. The summed E-state index contributed by atoms with van der Waals surface area (Å²) in [6, 6.07) is 5.28. The number of carbonyl (C=O) groups is 9. The van der Waals surface area contributed by atoms with Gasteiger partial charge in [0, 0.05) is 67.4 Å². The van der Waals surface area contributed by atoms with Crippen LogP contribution >= 0.6 is 35.6 Å². The first-order valence-electron chi connectivity index (χ1n) is 34.2. The summed E-state index contributed by atoms with van der Waals surface area (Å²) < 4.78 is 44.2. The minimum atomic E-state index is -2.19. The van der Waals surface area contributed by atoms with Gasteiger partial charge in [0.05, 0.1) is 40.7 Å². The second-order valence-electron chi connectivity index (χ2n) is 29.0. The lowest BCUT2D eigenvalue weighted by Gasteiger charge is -2.47. The third-order valence-corrected chi connectivity index (χ3v) is 19.6. The minimum Gasteiger partial charge on any atom is -0.508 e. The second-order valence-corrected chi connectivity index (χ2v) is 29.8. The molecule has 17 atom stereocenters. The zero-order chi connectivity index (χ0) is 78.3. The van der Waals surface area contributed by atoms with Crippen LogP contribution in [0.2, 0.25) is 10.0 Å². The van der Waals surface area contributed by atoms with Crippen LogP contribution in [0.25, 0.3) is 11.1 Å². The molecule has 7 aliphatic rings. The number of hydrogen-bond donors (Lipinski definition) is 15. The van der Waals surface area contributed by atoms with Crippen molar-refractivity contribution in [2.75, 3.05) is 13.7 Å². The maximum absolute atomic E-state index is 16.3. The molecule has 5 aromatic carbocycles. The van der Waals surface area contributed by atoms with E-state index in [2.05, 4.69) is 21.3 Å². The Morgan fingerprint density at radius 2 is 1.41 bits per heavy atom. The molecule has 7 heterocycles. The molecular weight excluding hydrogens is 1500 g/mol. The molecule has 0 aromatic heterocycles. The maximum atomic E-state index is 16.3. The topological polar surface area (TPSA) is 535 Å². The first-order valence-corrected chi connectivity index (χ1v) is 35.0. The summed E-state index contributed by atoms with van der Waals surface area (Å²) in [6.07, 6.45) is -19.9. The first kappa shape index (κ1) is 85.4. The van der Waals surface area contributed by atoms with E-state index in [1.807, 2.05) is 0 Å². The summed E-state index contributed by atoms with van der Waals surface area (Å²) in [4.78, 5) is 134. The highest BCUT2D eigenvalue weighted by Crippen LogP contribution is 2.50. The number of nitrogens with two attached hydrogens (primary N) is 2. The SMILES string of the molecule is CC(C)C[C@H](C(=O)N[C@H]1C(=O)C[C@@H](CC(N)=O)C(=O)N[C@H]2C(=O)C[C@H]3C(=O)N[C@@H](Cc4ccc(c(Cl)c4)Oc4cc2cc(c4OC2OC(CO)C(O)C(O)C2OC2CC(C)(N)C(O)C(C)O2)Oc2ccc(cc2Cl)[C@H]1O)C(=O)N[C@H](C(=O)O)c1cc(O)cc(O)c1-c1cc3ccc1O)N(C)C(=O)OC(C)(C)C.Cl.O. The van der Waals surface area contributed by atoms with Crippen molar-refractivity contribution in [3.63, 3.8) is 0 Å². The number of carbonyl (C=O) groups excluding carboxylic acids is 8. The zero-order valence-corrected chi connectivity index (χ0v) is 62.4. The Balaban J connectivity index is 0.00000748. The van der Waals surface area contributed by atoms with E-state index >= 15 is 19.2 Å². The lowest BCUT2D eigenvalue weighted by molar-refractivity contribution is -0.333. The molecule has 33 nitrogen and oxygen atoms in total. The molecule has 36 heteroatoms. The Morgan fingerprint density at radius 1 is 0.771 bits per heavy atom. The number of nitrogens with one attached hydrogen (secondary N) is 4. The van der Waals surface area contributed by atoms with E-state index in [0.717, 1.165) is 47.4 Å². The number of aliphatic hydroxyl groups excluding tert-OH is 5. The molecule has 2 fully saturated rings. The van der Waals surface area contributed by atoms with Crippen molar-refractivity contribution in [1.82, 2.24) is 26.2 Å². The number of phenols is 3. The van der Waals surface area contributed by atoms with Crippen molar-refractivity contribution in [3.8, 4) is 57.1 Å². The van der Waals surface area contributed by atoms with Gasteiger partial charge in [-0.1, -0.05) is 55.2 Å². The van der Waals surface area contributed by atoms with E-state index in [0.29, 0.717) is 0 Å². The van der Waals surface area contributed by atoms with E-state index < -0.39 is 240 Å². The van der Waals surface area contributed by atoms with Gasteiger partial charge in [0.1, 0.15) is 82.9 Å². The molecule has 19 N–H and O–H groups in total. The smallest absolute Gasteiger partial charge is 0.410 e. The number of aromatic hydroxyl groups is 3. The number of aliphatic hydroxyl groups is 5. The van der Waals surface area contributed by atoms with Gasteiger partial charge < -0.3 is 117 Å². The van der Waals surface area contributed by atoms with Crippen molar-refractivity contribution >= 4 is 88.8 Å². The van der Waals surface area contributed by atoms with Gasteiger partial charge in [-0.2, -0.15) is 0 Å². The number of aliphatic carboxylic acids is 1. The number of hydrogen-bond acceptors (Lipinski definition) is 25. The maximum Gasteiger partial charge on any atom is 0.410 e. The fourth-order valence-corrected chi connectivity index (χ4v) is 14.0. The lowest BCUT2D eigenvalue weighted by atomic mass is 9.84. The standard InChI is InChI=1S/C73H85Cl2N7O25.ClH.H2O/c1-29(2)15-43(82(8)71(100)107-72(4,5)6)68(97)81-58-46(87)20-35(23-53(76)89)65(94)79-56-34-21-50(62(51(22-34)103-49-14-11-33(59(58)90)19-41(49)75)106-70-63(61(92)60(91)52(28-83)104-70)105-54-27-73(7,77)64(93)30(3)101-54)102-48-13-9-31(16-40(48)74)17-42-67(96)80-57(69(98)99)39-24-36(84)25-45(86)55(39)38-18-32(10-12-44(38)85)37(26-47(56)88)66(95)78-42;;/h9-14,16,18-19,21-22,24-25,29-30,35,37,42-43,52,54,56-61,63-64,70,83-86,90-93H,15,17,20,23,26-28,77H2,1-8H3,(H2,76,89)(H,78,95)(H,79,94)(H,80,96)(H,81,97)(H,98,99);1H;1H2/t30?,35-,37+,42-,43+,52?,54?,56+,57-,58-,59+,60?,61?,63?,64?,70?,73?;;/m0../s1. The van der Waals surface area contributed by atoms with Gasteiger partial charge in [0.2, 0.25) is 41.6 Å². The van der Waals surface area contributed by atoms with Crippen molar-refractivity contribution < 1.29 is 128 Å². The molecule has 5 aromatic rings. The van der Waals surface area contributed by atoms with Crippen LogP contribution in [0.5, 0.6) is 46.0 Å². The van der Waals surface area contributed by atoms with Crippen molar-refractivity contribution in [2.24, 2.45) is 23.3 Å². The average Bonchev–Trinajstić information content (AvgIpc) is 0.771. The molecule has 2 saturated heterocycles. The van der Waals surface area contributed by atoms with Crippen LogP contribution in [0.1, 0.15) is 132 Å². The Hall–Kier alpha value is -9.20. The predicted octanol–water partition coefficient (Wildman–Crippen LogP) is 3.84. The third kappa shape index (κ3) is 19.2. The summed E-state index contributed by atoms with van der Waals surface area (Å²) in [7, 11) is 1.29. The van der Waals surface area contributed by atoms with Crippen LogP contribution in [0, 0.1) is 11.8 Å². The normalized spacial score (nSPS) is 27.5. The van der Waals surface area contributed by atoms with Crippen LogP contribution < -0.4 is 46.9 Å². The Kier molecular flexibility index (Phi) is 26.9. The number of likely N-dealkylation sites (N-methyl/N-ethyl adjacent to an activating group) is 1. The number of fused-ring (bicyclic) bond motifs is 15. The molecule has 0 spiro atoms. The van der Waals surface area contributed by atoms with Crippen molar-refractivity contribution in [1.29, 1.82) is 0 Å². The molecule has 0 radical (unpaired) electrons. The molecule has 9 unspecified atom stereocenters. The van der Waals surface area contributed by atoms with E-state index in [-0.39, 0.29) is 86.0 Å². The average molecular weight is 1590 g/mol. The minimum absolute atomic E-state index is 0. The summed E-state index contributed by atoms with van der Waals surface area (Å²) in [6.45, 7) is 10.4. The molecular formula is C73H88Cl3N7O26. The van der Waals surface area contributed by atoms with Gasteiger partial charge in [-0.15, -0.1) is 12.4 Å². The van der Waals surface area contributed by atoms with E-state index in [1.165, 1.54) is 57.3 Å². The van der Waals surface area contributed by atoms with Gasteiger partial charge in [-0.25, -0.2) is 9.59 Å². The Bertz CT molecular complexity index is 4310. The quantitative estimate of drug-likeness (QED) is 0.0796. The molecule has 0 saturated carbocycles. The fourth-order valence-electron chi connectivity index (χ4n) is 13.5. The molecule has 6 amide bonds. The number of halogens is 3. The molecule has 592 valence electrons. The van der Waals surface area contributed by atoms with E-state index in [4.69, 9.17) is 67.8 Å². The van der Waals surface area contributed by atoms with E-state index in [1.54, 1.807) is 34.6 Å².